The van der Waals surface area contributed by atoms with Crippen molar-refractivity contribution in [3.05, 3.63) is 0 Å². The van der Waals surface area contributed by atoms with Gasteiger partial charge in [0.1, 0.15) is 0 Å². The molecule has 1 N–H and O–H groups in total. The molecule has 0 aromatic heterocycles. The molecule has 0 unspecified atom stereocenters. The van der Waals surface area contributed by atoms with Crippen LogP contribution in [-0.4, -0.2) is 35.3 Å². The molecule has 2 aliphatic rings. The number of nitrogens with one attached hydrogen (secondary N) is 1. The first kappa shape index (κ1) is 14.4. The van der Waals surface area contributed by atoms with E-state index in [0.717, 1.165) is 19.4 Å². The zero-order valence-corrected chi connectivity index (χ0v) is 12.4. The van der Waals surface area contributed by atoms with Crippen molar-refractivity contribution in [1.29, 1.82) is 0 Å². The van der Waals surface area contributed by atoms with Gasteiger partial charge in [-0.05, 0) is 39.0 Å². The molecule has 1 saturated carbocycles. The molecular weight excluding hydrogens is 240 g/mol. The van der Waals surface area contributed by atoms with E-state index < -0.39 is 0 Å². The van der Waals surface area contributed by atoms with Crippen LogP contribution in [-0.2, 0) is 9.59 Å². The van der Waals surface area contributed by atoms with Gasteiger partial charge in [0.15, 0.2) is 0 Å². The Kier molecular flexibility index (Phi) is 4.16. The Morgan fingerprint density at radius 2 is 2.11 bits per heavy atom. The normalized spacial score (nSPS) is 23.8. The van der Waals surface area contributed by atoms with Crippen molar-refractivity contribution in [3.8, 4) is 0 Å². The smallest absolute Gasteiger partial charge is 0.225 e. The number of hydrogen-bond acceptors (Lipinski definition) is 2. The quantitative estimate of drug-likeness (QED) is 0.798. The summed E-state index contributed by atoms with van der Waals surface area (Å²) in [5.74, 6) is 0.745. The Hall–Kier alpha value is -1.06. The van der Waals surface area contributed by atoms with Crippen molar-refractivity contribution in [3.63, 3.8) is 0 Å². The molecule has 4 nitrogen and oxygen atoms in total. The lowest BCUT2D eigenvalue weighted by Crippen LogP contribution is -2.46. The molecule has 2 amide bonds. The number of likely N-dealkylation sites (tertiary alicyclic amines) is 1. The summed E-state index contributed by atoms with van der Waals surface area (Å²) in [6.07, 6.45) is 4.88. The Balaban J connectivity index is 1.84. The monoisotopic (exact) mass is 266 g/mol. The Labute approximate surface area is 115 Å². The zero-order valence-electron chi connectivity index (χ0n) is 12.4. The third-order valence-electron chi connectivity index (χ3n) is 4.10. The SMILES string of the molecule is CCCC(C)(C)NC(=O)[C@H]1CC(=O)N(CC2CC2)C1. The maximum absolute atomic E-state index is 12.2. The van der Waals surface area contributed by atoms with Crippen LogP contribution < -0.4 is 5.32 Å². The van der Waals surface area contributed by atoms with Gasteiger partial charge in [0, 0.05) is 25.0 Å². The summed E-state index contributed by atoms with van der Waals surface area (Å²) >= 11 is 0. The van der Waals surface area contributed by atoms with E-state index in [0.29, 0.717) is 18.9 Å². The molecule has 0 aromatic rings. The molecule has 0 aromatic carbocycles. The molecular formula is C15H26N2O2. The van der Waals surface area contributed by atoms with Gasteiger partial charge in [-0.3, -0.25) is 9.59 Å². The number of carbonyl (C=O) groups excluding carboxylic acids is 2. The topological polar surface area (TPSA) is 49.4 Å². The Bertz CT molecular complexity index is 361. The molecule has 0 bridgehead atoms. The van der Waals surface area contributed by atoms with E-state index in [2.05, 4.69) is 12.2 Å². The first-order valence-corrected chi connectivity index (χ1v) is 7.51. The molecule has 2 fully saturated rings. The van der Waals surface area contributed by atoms with E-state index in [1.165, 1.54) is 12.8 Å². The van der Waals surface area contributed by atoms with Gasteiger partial charge in [-0.25, -0.2) is 0 Å². The van der Waals surface area contributed by atoms with Gasteiger partial charge in [-0.1, -0.05) is 13.3 Å². The lowest BCUT2D eigenvalue weighted by molar-refractivity contribution is -0.129. The summed E-state index contributed by atoms with van der Waals surface area (Å²) in [5.41, 5.74) is -0.168. The van der Waals surface area contributed by atoms with Crippen LogP contribution in [0.1, 0.15) is 52.9 Å². The number of hydrogen-bond donors (Lipinski definition) is 1. The minimum absolute atomic E-state index is 0.0464. The number of amides is 2. The minimum atomic E-state index is -0.168. The fourth-order valence-electron chi connectivity index (χ4n) is 2.86. The van der Waals surface area contributed by atoms with E-state index in [1.807, 2.05) is 18.7 Å². The highest BCUT2D eigenvalue weighted by atomic mass is 16.2. The third-order valence-corrected chi connectivity index (χ3v) is 4.10. The second kappa shape index (κ2) is 5.51. The van der Waals surface area contributed by atoms with E-state index in [1.54, 1.807) is 0 Å². The summed E-state index contributed by atoms with van der Waals surface area (Å²) in [6.45, 7) is 7.69. The lowest BCUT2D eigenvalue weighted by atomic mass is 9.97. The van der Waals surface area contributed by atoms with Gasteiger partial charge in [-0.15, -0.1) is 0 Å². The summed E-state index contributed by atoms with van der Waals surface area (Å²) in [6, 6.07) is 0. The molecule has 1 aliphatic heterocycles. The van der Waals surface area contributed by atoms with Gasteiger partial charge < -0.3 is 10.2 Å². The van der Waals surface area contributed by atoms with Crippen molar-refractivity contribution >= 4 is 11.8 Å². The Morgan fingerprint density at radius 3 is 2.68 bits per heavy atom. The predicted molar refractivity (Wildman–Crippen MR) is 74.5 cm³/mol. The zero-order chi connectivity index (χ0) is 14.0. The summed E-state index contributed by atoms with van der Waals surface area (Å²) < 4.78 is 0. The van der Waals surface area contributed by atoms with Gasteiger partial charge >= 0.3 is 0 Å². The number of nitrogens with zero attached hydrogens (tertiary/aromatic N) is 1. The largest absolute Gasteiger partial charge is 0.351 e. The first-order chi connectivity index (χ1) is 8.91. The lowest BCUT2D eigenvalue weighted by Gasteiger charge is -2.27. The summed E-state index contributed by atoms with van der Waals surface area (Å²) in [7, 11) is 0. The van der Waals surface area contributed by atoms with Crippen molar-refractivity contribution < 1.29 is 9.59 Å². The average Bonchev–Trinajstić information content (AvgIpc) is 3.02. The maximum Gasteiger partial charge on any atom is 0.225 e. The standard InChI is InChI=1S/C15H26N2O2/c1-4-7-15(2,3)16-14(19)12-8-13(18)17(10-12)9-11-5-6-11/h11-12H,4-10H2,1-3H3,(H,16,19)/t12-/m0/s1. The maximum atomic E-state index is 12.2. The first-order valence-electron chi connectivity index (χ1n) is 7.51. The van der Waals surface area contributed by atoms with E-state index in [9.17, 15) is 9.59 Å². The highest BCUT2D eigenvalue weighted by Crippen LogP contribution is 2.32. The molecule has 4 heteroatoms. The predicted octanol–water partition coefficient (Wildman–Crippen LogP) is 1.94. The molecule has 1 saturated heterocycles. The van der Waals surface area contributed by atoms with Crippen LogP contribution in [0.5, 0.6) is 0 Å². The van der Waals surface area contributed by atoms with Crippen molar-refractivity contribution in [2.45, 2.75) is 58.4 Å². The van der Waals surface area contributed by atoms with Crippen LogP contribution in [0.2, 0.25) is 0 Å². The van der Waals surface area contributed by atoms with E-state index in [4.69, 9.17) is 0 Å². The van der Waals surface area contributed by atoms with Crippen LogP contribution in [0.25, 0.3) is 0 Å². The second-order valence-electron chi connectivity index (χ2n) is 6.77. The molecule has 108 valence electrons. The van der Waals surface area contributed by atoms with Gasteiger partial charge in [-0.2, -0.15) is 0 Å². The highest BCUT2D eigenvalue weighted by molar-refractivity contribution is 5.89. The minimum Gasteiger partial charge on any atom is -0.351 e. The van der Waals surface area contributed by atoms with Crippen molar-refractivity contribution in [2.75, 3.05) is 13.1 Å². The molecule has 19 heavy (non-hydrogen) atoms. The summed E-state index contributed by atoms with van der Waals surface area (Å²) in [5, 5.41) is 3.09. The molecule has 1 heterocycles. The van der Waals surface area contributed by atoms with Crippen LogP contribution >= 0.6 is 0 Å². The van der Waals surface area contributed by atoms with Gasteiger partial charge in [0.2, 0.25) is 11.8 Å². The van der Waals surface area contributed by atoms with Crippen molar-refractivity contribution in [2.24, 2.45) is 11.8 Å². The molecule has 0 radical (unpaired) electrons. The van der Waals surface area contributed by atoms with Gasteiger partial charge in [0.05, 0.1) is 5.92 Å². The van der Waals surface area contributed by atoms with Crippen LogP contribution in [0.4, 0.5) is 0 Å². The molecule has 2 rings (SSSR count). The van der Waals surface area contributed by atoms with Gasteiger partial charge in [0.25, 0.3) is 0 Å². The third kappa shape index (κ3) is 3.95. The number of rotatable bonds is 6. The summed E-state index contributed by atoms with van der Waals surface area (Å²) in [4.78, 5) is 26.0. The van der Waals surface area contributed by atoms with E-state index >= 15 is 0 Å². The molecule has 1 aliphatic carbocycles. The van der Waals surface area contributed by atoms with Crippen LogP contribution in [0.3, 0.4) is 0 Å². The Morgan fingerprint density at radius 1 is 1.42 bits per heavy atom. The van der Waals surface area contributed by atoms with E-state index in [-0.39, 0.29) is 23.3 Å². The second-order valence-corrected chi connectivity index (χ2v) is 6.77. The molecule has 0 spiro atoms. The molecule has 1 atom stereocenters. The average molecular weight is 266 g/mol. The fraction of sp³-hybridized carbons (Fsp3) is 0.867. The fourth-order valence-corrected chi connectivity index (χ4v) is 2.86. The van der Waals surface area contributed by atoms with Crippen molar-refractivity contribution in [1.82, 2.24) is 10.2 Å². The van der Waals surface area contributed by atoms with Crippen LogP contribution in [0.15, 0.2) is 0 Å². The highest BCUT2D eigenvalue weighted by Gasteiger charge is 2.38. The number of carbonyl (C=O) groups is 2. The van der Waals surface area contributed by atoms with Crippen LogP contribution in [0, 0.1) is 11.8 Å².